The van der Waals surface area contributed by atoms with E-state index < -0.39 is 0 Å². The highest BCUT2D eigenvalue weighted by molar-refractivity contribution is 6.02. The second-order valence-corrected chi connectivity index (χ2v) is 9.74. The van der Waals surface area contributed by atoms with Gasteiger partial charge in [-0.2, -0.15) is 0 Å². The van der Waals surface area contributed by atoms with Gasteiger partial charge >= 0.3 is 0 Å². The molecule has 2 unspecified atom stereocenters. The average Bonchev–Trinajstić information content (AvgIpc) is 2.78. The maximum Gasteiger partial charge on any atom is 0.219 e. The number of hydrogen-bond donors (Lipinski definition) is 2. The minimum Gasteiger partial charge on any atom is -0.504 e. The fourth-order valence-corrected chi connectivity index (χ4v) is 3.72. The van der Waals surface area contributed by atoms with Gasteiger partial charge in [0, 0.05) is 0 Å². The molecule has 0 aromatic carbocycles. The zero-order valence-electron chi connectivity index (χ0n) is 21.7. The van der Waals surface area contributed by atoms with Gasteiger partial charge in [-0.1, -0.05) is 52.0 Å². The highest BCUT2D eigenvalue weighted by Crippen LogP contribution is 2.22. The van der Waals surface area contributed by atoms with Crippen molar-refractivity contribution in [2.45, 2.75) is 72.6 Å². The van der Waals surface area contributed by atoms with Crippen molar-refractivity contribution < 1.29 is 24.6 Å². The van der Waals surface area contributed by atoms with Gasteiger partial charge in [0.15, 0.2) is 17.3 Å². The minimum absolute atomic E-state index is 0.102. The number of ketones is 3. The molecule has 0 radical (unpaired) electrons. The van der Waals surface area contributed by atoms with Crippen LogP contribution in [0.4, 0.5) is 0 Å². The van der Waals surface area contributed by atoms with Gasteiger partial charge in [0.05, 0.1) is 0 Å². The van der Waals surface area contributed by atoms with Crippen LogP contribution in [0.1, 0.15) is 72.6 Å². The van der Waals surface area contributed by atoms with Crippen LogP contribution >= 0.6 is 0 Å². The average molecular weight is 483 g/mol. The van der Waals surface area contributed by atoms with Crippen LogP contribution in [0, 0.1) is 23.7 Å². The zero-order chi connectivity index (χ0) is 26.2. The van der Waals surface area contributed by atoms with Gasteiger partial charge in [-0.3, -0.25) is 14.4 Å². The van der Waals surface area contributed by atoms with Gasteiger partial charge in [-0.05, 0) is 105 Å². The summed E-state index contributed by atoms with van der Waals surface area (Å²) in [4.78, 5) is 32.9. The molecule has 0 aliphatic heterocycles. The van der Waals surface area contributed by atoms with Gasteiger partial charge in [0.2, 0.25) is 11.6 Å². The summed E-state index contributed by atoms with van der Waals surface area (Å²) in [5.41, 5.74) is 0. The first-order chi connectivity index (χ1) is 16.6. The Morgan fingerprint density at radius 1 is 0.686 bits per heavy atom. The summed E-state index contributed by atoms with van der Waals surface area (Å²) in [7, 11) is 0. The molecule has 3 aliphatic rings. The molecule has 2 N–H and O–H groups in total. The van der Waals surface area contributed by atoms with Crippen LogP contribution in [0.15, 0.2) is 72.3 Å². The van der Waals surface area contributed by atoms with Crippen LogP contribution < -0.4 is 0 Å². The third kappa shape index (κ3) is 12.9. The van der Waals surface area contributed by atoms with Crippen molar-refractivity contribution >= 4 is 17.3 Å². The molecule has 3 aliphatic carbocycles. The summed E-state index contributed by atoms with van der Waals surface area (Å²) in [6.07, 6.45) is 24.0. The Bertz CT molecular complexity index is 880. The van der Waals surface area contributed by atoms with Gasteiger partial charge in [0.25, 0.3) is 0 Å². The smallest absolute Gasteiger partial charge is 0.219 e. The van der Waals surface area contributed by atoms with E-state index in [9.17, 15) is 19.5 Å². The number of aliphatic hydroxyl groups excluding tert-OH is 2. The Kier molecular flexibility index (Phi) is 14.3. The van der Waals surface area contributed by atoms with E-state index in [0.29, 0.717) is 23.7 Å². The van der Waals surface area contributed by atoms with Crippen molar-refractivity contribution in [2.75, 3.05) is 0 Å². The molecule has 35 heavy (non-hydrogen) atoms. The molecule has 5 heteroatoms. The Morgan fingerprint density at radius 2 is 1.23 bits per heavy atom. The van der Waals surface area contributed by atoms with Crippen LogP contribution in [0.5, 0.6) is 0 Å². The Hall–Kier alpha value is -2.95. The summed E-state index contributed by atoms with van der Waals surface area (Å²) in [6, 6.07) is 0. The molecule has 0 bridgehead atoms. The van der Waals surface area contributed by atoms with E-state index >= 15 is 0 Å². The lowest BCUT2D eigenvalue weighted by atomic mass is 9.89. The molecule has 5 nitrogen and oxygen atoms in total. The number of carbonyl (C=O) groups is 3. The number of allylic oxidation sites excluding steroid dienone is 10. The molecule has 3 rings (SSSR count). The van der Waals surface area contributed by atoms with Gasteiger partial charge in [0.1, 0.15) is 0 Å². The van der Waals surface area contributed by atoms with Crippen LogP contribution in [-0.2, 0) is 14.4 Å². The largest absolute Gasteiger partial charge is 0.504 e. The van der Waals surface area contributed by atoms with Crippen molar-refractivity contribution in [3.8, 4) is 0 Å². The molecular weight excluding hydrogens is 440 g/mol. The number of aliphatic hydroxyl groups is 2. The van der Waals surface area contributed by atoms with Gasteiger partial charge in [-0.25, -0.2) is 0 Å². The minimum atomic E-state index is -0.278. The van der Waals surface area contributed by atoms with E-state index in [2.05, 4.69) is 33.8 Å². The third-order valence-corrected chi connectivity index (χ3v) is 6.16. The lowest BCUT2D eigenvalue weighted by Gasteiger charge is -2.17. The van der Waals surface area contributed by atoms with E-state index in [-0.39, 0.29) is 28.9 Å². The van der Waals surface area contributed by atoms with E-state index in [4.69, 9.17) is 5.11 Å². The van der Waals surface area contributed by atoms with Crippen LogP contribution in [0.2, 0.25) is 0 Å². The Balaban J connectivity index is 0.000000265. The molecule has 0 heterocycles. The fraction of sp³-hybridized carbons (Fsp3) is 0.500. The summed E-state index contributed by atoms with van der Waals surface area (Å²) >= 11 is 0. The Morgan fingerprint density at radius 3 is 1.86 bits per heavy atom. The third-order valence-electron chi connectivity index (χ3n) is 6.16. The second kappa shape index (κ2) is 16.6. The van der Waals surface area contributed by atoms with E-state index in [1.807, 2.05) is 12.2 Å². The molecular formula is C30H42O5. The molecule has 0 saturated carbocycles. The summed E-state index contributed by atoms with van der Waals surface area (Å²) in [6.45, 7) is 8.60. The lowest BCUT2D eigenvalue weighted by Crippen LogP contribution is -2.10. The lowest BCUT2D eigenvalue weighted by molar-refractivity contribution is -0.114. The highest BCUT2D eigenvalue weighted by atomic mass is 16.3. The predicted octanol–water partition coefficient (Wildman–Crippen LogP) is 7.09. The fourth-order valence-electron chi connectivity index (χ4n) is 3.72. The van der Waals surface area contributed by atoms with Crippen molar-refractivity contribution in [1.29, 1.82) is 0 Å². The normalized spacial score (nSPS) is 28.0. The quantitative estimate of drug-likeness (QED) is 0.438. The van der Waals surface area contributed by atoms with Gasteiger partial charge < -0.3 is 10.2 Å². The second-order valence-electron chi connectivity index (χ2n) is 9.74. The topological polar surface area (TPSA) is 91.7 Å². The summed E-state index contributed by atoms with van der Waals surface area (Å²) in [5, 5.41) is 18.3. The number of carbonyl (C=O) groups excluding carboxylic acids is 3. The Labute approximate surface area is 210 Å². The van der Waals surface area contributed by atoms with E-state index in [1.54, 1.807) is 30.4 Å². The van der Waals surface area contributed by atoms with Crippen molar-refractivity contribution in [2.24, 2.45) is 23.7 Å². The first kappa shape index (κ1) is 30.1. The monoisotopic (exact) mass is 482 g/mol. The maximum absolute atomic E-state index is 11.1. The standard InChI is InChI=1S/C11H16O2.C11H16O.C8H10O2/c1-8(2)9-5-3-4-6-10(12)11(13)7-9;1-9(2)10-5-3-4-6-11(12)8-7-10;9-7-5-3-1-2-4-6-8(7)10/h4,6-9,13H,3,5H2,1-2H3;4,6-10H,3,5H2,1-2H3;3,5-6,10H,1-2,4H2/b6-4-,11-7+;6-4-,8-7-;5-3-,8-6?. The van der Waals surface area contributed by atoms with E-state index in [0.717, 1.165) is 44.9 Å². The van der Waals surface area contributed by atoms with Crippen LogP contribution in [0.25, 0.3) is 0 Å². The zero-order valence-corrected chi connectivity index (χ0v) is 21.7. The summed E-state index contributed by atoms with van der Waals surface area (Å²) in [5.74, 6) is 1.35. The van der Waals surface area contributed by atoms with Crippen molar-refractivity contribution in [1.82, 2.24) is 0 Å². The van der Waals surface area contributed by atoms with Gasteiger partial charge in [-0.15, -0.1) is 0 Å². The first-order valence-electron chi connectivity index (χ1n) is 12.7. The van der Waals surface area contributed by atoms with Crippen LogP contribution in [0.3, 0.4) is 0 Å². The molecule has 192 valence electrons. The number of rotatable bonds is 2. The molecule has 0 saturated heterocycles. The predicted molar refractivity (Wildman–Crippen MR) is 142 cm³/mol. The SMILES string of the molecule is CC(C)C1/C=C(/O)C(=O)/C=C\CC1.CC(C)C1/C=C\C(=O)/C=C\CC1.O=C1/C=C\CCCC=C1O. The molecule has 0 spiro atoms. The van der Waals surface area contributed by atoms with Crippen molar-refractivity contribution in [3.05, 3.63) is 72.3 Å². The maximum atomic E-state index is 11.1. The molecule has 0 fully saturated rings. The van der Waals surface area contributed by atoms with Crippen LogP contribution in [-0.4, -0.2) is 27.6 Å². The molecule has 0 amide bonds. The van der Waals surface area contributed by atoms with Crippen molar-refractivity contribution in [3.63, 3.8) is 0 Å². The molecule has 0 aromatic heterocycles. The first-order valence-corrected chi connectivity index (χ1v) is 12.7. The molecule has 0 aromatic rings. The number of hydrogen-bond acceptors (Lipinski definition) is 5. The summed E-state index contributed by atoms with van der Waals surface area (Å²) < 4.78 is 0. The van der Waals surface area contributed by atoms with E-state index in [1.165, 1.54) is 12.2 Å². The molecule has 2 atom stereocenters. The highest BCUT2D eigenvalue weighted by Gasteiger charge is 2.15.